The number of carbonyl (C=O) groups is 2. The highest BCUT2D eigenvalue weighted by atomic mass is 16.6. The Labute approximate surface area is 121 Å². The average Bonchev–Trinajstić information content (AvgIpc) is 3.06. The molecule has 0 spiro atoms. The van der Waals surface area contributed by atoms with Crippen LogP contribution in [-0.4, -0.2) is 29.8 Å². The van der Waals surface area contributed by atoms with E-state index in [0.29, 0.717) is 6.42 Å². The lowest BCUT2D eigenvalue weighted by Crippen LogP contribution is -2.44. The molecule has 114 valence electrons. The number of hydrogen-bond donors (Lipinski definition) is 0. The molecule has 1 aromatic rings. The fourth-order valence-corrected chi connectivity index (χ4v) is 3.00. The second-order valence-corrected chi connectivity index (χ2v) is 5.05. The summed E-state index contributed by atoms with van der Waals surface area (Å²) in [5, 5.41) is 11.0. The number of ketones is 1. The van der Waals surface area contributed by atoms with E-state index in [4.69, 9.17) is 9.15 Å². The predicted octanol–water partition coefficient (Wildman–Crippen LogP) is 1.94. The van der Waals surface area contributed by atoms with Gasteiger partial charge in [-0.2, -0.15) is 0 Å². The van der Waals surface area contributed by atoms with Crippen molar-refractivity contribution in [1.29, 1.82) is 0 Å². The summed E-state index contributed by atoms with van der Waals surface area (Å²) < 4.78 is 10.3. The van der Waals surface area contributed by atoms with Crippen LogP contribution in [0.2, 0.25) is 0 Å². The number of hydrogen-bond acceptors (Lipinski definition) is 6. The van der Waals surface area contributed by atoms with Gasteiger partial charge in [-0.25, -0.2) is 0 Å². The first-order chi connectivity index (χ1) is 10.0. The van der Waals surface area contributed by atoms with Crippen LogP contribution in [0.5, 0.6) is 0 Å². The van der Waals surface area contributed by atoms with E-state index < -0.39 is 28.8 Å². The van der Waals surface area contributed by atoms with Gasteiger partial charge in [-0.3, -0.25) is 19.7 Å². The summed E-state index contributed by atoms with van der Waals surface area (Å²) in [5.74, 6) is -1.65. The van der Waals surface area contributed by atoms with Crippen LogP contribution in [0, 0.1) is 15.5 Å². The molecule has 0 amide bonds. The highest BCUT2D eigenvalue weighted by molar-refractivity contribution is 6.06. The normalized spacial score (nSPS) is 23.0. The van der Waals surface area contributed by atoms with Crippen LogP contribution in [0.3, 0.4) is 0 Å². The average molecular weight is 295 g/mol. The van der Waals surface area contributed by atoms with E-state index in [-0.39, 0.29) is 31.0 Å². The summed E-state index contributed by atoms with van der Waals surface area (Å²) in [6.45, 7) is 1.22. The van der Waals surface area contributed by atoms with Crippen molar-refractivity contribution in [1.82, 2.24) is 0 Å². The van der Waals surface area contributed by atoms with Crippen LogP contribution in [0.15, 0.2) is 22.8 Å². The molecular weight excluding hydrogens is 278 g/mol. The molecule has 7 nitrogen and oxygen atoms in total. The zero-order chi connectivity index (χ0) is 15.5. The van der Waals surface area contributed by atoms with Crippen LogP contribution in [-0.2, 0) is 14.3 Å². The van der Waals surface area contributed by atoms with E-state index in [1.807, 2.05) is 0 Å². The molecule has 0 aromatic carbocycles. The van der Waals surface area contributed by atoms with Crippen molar-refractivity contribution in [2.45, 2.75) is 32.1 Å². The second-order valence-electron chi connectivity index (χ2n) is 5.05. The van der Waals surface area contributed by atoms with Crippen LogP contribution in [0.25, 0.3) is 0 Å². The van der Waals surface area contributed by atoms with E-state index in [9.17, 15) is 19.7 Å². The Morgan fingerprint density at radius 2 is 2.38 bits per heavy atom. The molecule has 0 bridgehead atoms. The minimum absolute atomic E-state index is 0.122. The van der Waals surface area contributed by atoms with Gasteiger partial charge >= 0.3 is 5.97 Å². The molecule has 1 aromatic heterocycles. The topological polar surface area (TPSA) is 99.7 Å². The lowest BCUT2D eigenvalue weighted by Gasteiger charge is -2.30. The first kappa shape index (κ1) is 15.2. The third-order valence-electron chi connectivity index (χ3n) is 3.93. The monoisotopic (exact) mass is 295 g/mol. The molecule has 21 heavy (non-hydrogen) atoms. The van der Waals surface area contributed by atoms with Gasteiger partial charge in [-0.15, -0.1) is 0 Å². The maximum absolute atomic E-state index is 12.4. The van der Waals surface area contributed by atoms with E-state index in [0.717, 1.165) is 0 Å². The minimum atomic E-state index is -1.50. The Morgan fingerprint density at radius 3 is 2.86 bits per heavy atom. The van der Waals surface area contributed by atoms with Gasteiger partial charge in [0, 0.05) is 11.3 Å². The fourth-order valence-electron chi connectivity index (χ4n) is 3.00. The molecule has 0 unspecified atom stereocenters. The molecule has 1 aliphatic carbocycles. The standard InChI is InChI=1S/C14H17NO6/c1-2-20-13(17)14(7-3-6-12(14)16)10(9-15(18)19)11-5-4-8-21-11/h4-5,8,10H,2-3,6-7,9H2,1H3/t10-,14+/m0/s1. The first-order valence-electron chi connectivity index (χ1n) is 6.88. The van der Waals surface area contributed by atoms with Crippen molar-refractivity contribution in [3.63, 3.8) is 0 Å². The Hall–Kier alpha value is -2.18. The van der Waals surface area contributed by atoms with Crippen LogP contribution >= 0.6 is 0 Å². The fraction of sp³-hybridized carbons (Fsp3) is 0.571. The summed E-state index contributed by atoms with van der Waals surface area (Å²) in [5.41, 5.74) is -1.50. The summed E-state index contributed by atoms with van der Waals surface area (Å²) >= 11 is 0. The number of esters is 1. The number of carbonyl (C=O) groups excluding carboxylic acids is 2. The summed E-state index contributed by atoms with van der Waals surface area (Å²) in [6.07, 6.45) is 2.38. The van der Waals surface area contributed by atoms with Crippen molar-refractivity contribution in [2.75, 3.05) is 13.2 Å². The number of nitro groups is 1. The van der Waals surface area contributed by atoms with Gasteiger partial charge in [0.05, 0.1) is 12.9 Å². The SMILES string of the molecule is CCOC(=O)[C@@]1([C@@H](C[N+](=O)[O-])c2ccco2)CCCC1=O. The predicted molar refractivity (Wildman–Crippen MR) is 71.2 cm³/mol. The van der Waals surface area contributed by atoms with Crippen molar-refractivity contribution < 1.29 is 23.7 Å². The highest BCUT2D eigenvalue weighted by Crippen LogP contribution is 2.47. The lowest BCUT2D eigenvalue weighted by atomic mass is 9.71. The molecule has 2 atom stereocenters. The minimum Gasteiger partial charge on any atom is -0.469 e. The third kappa shape index (κ3) is 2.68. The van der Waals surface area contributed by atoms with E-state index in [1.54, 1.807) is 19.1 Å². The van der Waals surface area contributed by atoms with Crippen molar-refractivity contribution in [2.24, 2.45) is 5.41 Å². The Balaban J connectivity index is 2.47. The van der Waals surface area contributed by atoms with E-state index in [1.165, 1.54) is 6.26 Å². The summed E-state index contributed by atoms with van der Waals surface area (Å²) in [7, 11) is 0. The Morgan fingerprint density at radius 1 is 1.62 bits per heavy atom. The van der Waals surface area contributed by atoms with Gasteiger partial charge in [-0.1, -0.05) is 0 Å². The number of nitrogens with zero attached hydrogens (tertiary/aromatic N) is 1. The van der Waals surface area contributed by atoms with Crippen LogP contribution < -0.4 is 0 Å². The third-order valence-corrected chi connectivity index (χ3v) is 3.93. The zero-order valence-electron chi connectivity index (χ0n) is 11.7. The molecule has 1 saturated carbocycles. The lowest BCUT2D eigenvalue weighted by molar-refractivity contribution is -0.486. The largest absolute Gasteiger partial charge is 0.469 e. The first-order valence-corrected chi connectivity index (χ1v) is 6.88. The van der Waals surface area contributed by atoms with Crippen LogP contribution in [0.4, 0.5) is 0 Å². The smallest absolute Gasteiger partial charge is 0.320 e. The van der Waals surface area contributed by atoms with Crippen molar-refractivity contribution in [3.8, 4) is 0 Å². The van der Waals surface area contributed by atoms with Gasteiger partial charge in [-0.05, 0) is 31.9 Å². The van der Waals surface area contributed by atoms with Gasteiger partial charge in [0.25, 0.3) is 0 Å². The van der Waals surface area contributed by atoms with Gasteiger partial charge in [0.1, 0.15) is 17.1 Å². The molecule has 0 saturated heterocycles. The molecule has 7 heteroatoms. The number of rotatable bonds is 6. The summed E-state index contributed by atoms with van der Waals surface area (Å²) in [6, 6.07) is 3.14. The number of ether oxygens (including phenoxy) is 1. The molecule has 1 aliphatic rings. The quantitative estimate of drug-likeness (QED) is 0.344. The zero-order valence-corrected chi connectivity index (χ0v) is 11.7. The maximum atomic E-state index is 12.4. The van der Waals surface area contributed by atoms with E-state index in [2.05, 4.69) is 0 Å². The van der Waals surface area contributed by atoms with E-state index >= 15 is 0 Å². The number of Topliss-reactive ketones (excluding diaryl/α,β-unsaturated/α-hetero) is 1. The Bertz CT molecular complexity index is 538. The maximum Gasteiger partial charge on any atom is 0.320 e. The van der Waals surface area contributed by atoms with Gasteiger partial charge < -0.3 is 9.15 Å². The van der Waals surface area contributed by atoms with Gasteiger partial charge in [0.2, 0.25) is 6.54 Å². The number of furan rings is 1. The summed E-state index contributed by atoms with van der Waals surface area (Å²) in [4.78, 5) is 35.2. The Kier molecular flexibility index (Phi) is 4.40. The molecule has 1 heterocycles. The van der Waals surface area contributed by atoms with Crippen molar-refractivity contribution >= 4 is 11.8 Å². The molecule has 2 rings (SSSR count). The van der Waals surface area contributed by atoms with Crippen molar-refractivity contribution in [3.05, 3.63) is 34.3 Å². The van der Waals surface area contributed by atoms with Gasteiger partial charge in [0.15, 0.2) is 5.78 Å². The molecular formula is C14H17NO6. The second kappa shape index (κ2) is 6.07. The molecule has 0 radical (unpaired) electrons. The molecule has 1 fully saturated rings. The highest BCUT2D eigenvalue weighted by Gasteiger charge is 2.58. The molecule has 0 aliphatic heterocycles. The molecule has 0 N–H and O–H groups in total. The van der Waals surface area contributed by atoms with Crippen LogP contribution in [0.1, 0.15) is 37.9 Å².